The lowest BCUT2D eigenvalue weighted by Gasteiger charge is -2.31. The Bertz CT molecular complexity index is 1620. The molecule has 0 bridgehead atoms. The van der Waals surface area contributed by atoms with Crippen molar-refractivity contribution >= 4 is 32.5 Å². The molecule has 0 N–H and O–H groups in total. The van der Waals surface area contributed by atoms with E-state index < -0.39 is 16.1 Å². The standard InChI is InChI=1S/C31H36ClN3O3S/c1-6-7-8-11-18-34(39(37,38)29-22(3)19-21(2)20-23(29)4)24(5)30-33-28-13-10-9-12-27(28)31(36)35(30)26-16-14-25(32)15-17-26/h9-10,12-17,19-20,24H,6-8,11,18H2,1-5H3. The Morgan fingerprint density at radius 2 is 1.59 bits per heavy atom. The van der Waals surface area contributed by atoms with Crippen LogP contribution in [0, 0.1) is 20.8 Å². The van der Waals surface area contributed by atoms with E-state index >= 15 is 0 Å². The Balaban J connectivity index is 1.94. The largest absolute Gasteiger partial charge is 0.268 e. The van der Waals surface area contributed by atoms with Gasteiger partial charge < -0.3 is 0 Å². The highest BCUT2D eigenvalue weighted by Gasteiger charge is 2.34. The van der Waals surface area contributed by atoms with E-state index in [1.165, 1.54) is 8.87 Å². The highest BCUT2D eigenvalue weighted by atomic mass is 35.5. The van der Waals surface area contributed by atoms with Crippen LogP contribution in [-0.2, 0) is 10.0 Å². The first-order chi connectivity index (χ1) is 18.6. The average molecular weight is 566 g/mol. The van der Waals surface area contributed by atoms with Crippen LogP contribution in [0.3, 0.4) is 0 Å². The first kappa shape index (κ1) is 29.0. The second-order valence-electron chi connectivity index (χ2n) is 10.2. The third-order valence-electron chi connectivity index (χ3n) is 7.10. The molecular weight excluding hydrogens is 530 g/mol. The SMILES string of the molecule is CCCCCCN(C(C)c1nc2ccccc2c(=O)n1-c1ccc(Cl)cc1)S(=O)(=O)c1c(C)cc(C)cc1C. The molecule has 3 aromatic carbocycles. The number of fused-ring (bicyclic) bond motifs is 1. The summed E-state index contributed by atoms with van der Waals surface area (Å²) in [5.41, 5.74) is 3.28. The number of unbranched alkanes of at least 4 members (excludes halogenated alkanes) is 3. The zero-order chi connectivity index (χ0) is 28.3. The van der Waals surface area contributed by atoms with Crippen LogP contribution in [0.15, 0.2) is 70.4 Å². The molecule has 0 saturated carbocycles. The van der Waals surface area contributed by atoms with Crippen molar-refractivity contribution in [3.05, 3.63) is 98.6 Å². The summed E-state index contributed by atoms with van der Waals surface area (Å²) in [5, 5.41) is 1.01. The van der Waals surface area contributed by atoms with E-state index in [9.17, 15) is 13.2 Å². The molecule has 1 unspecified atom stereocenters. The summed E-state index contributed by atoms with van der Waals surface area (Å²) in [5.74, 6) is 0.363. The minimum Gasteiger partial charge on any atom is -0.268 e. The molecule has 206 valence electrons. The predicted octanol–water partition coefficient (Wildman–Crippen LogP) is 7.30. The van der Waals surface area contributed by atoms with E-state index in [4.69, 9.17) is 16.6 Å². The van der Waals surface area contributed by atoms with Gasteiger partial charge in [-0.15, -0.1) is 0 Å². The molecule has 0 aliphatic carbocycles. The van der Waals surface area contributed by atoms with E-state index in [1.54, 1.807) is 42.5 Å². The Labute approximate surface area is 236 Å². The van der Waals surface area contributed by atoms with Crippen LogP contribution in [0.1, 0.15) is 68.1 Å². The van der Waals surface area contributed by atoms with Gasteiger partial charge in [0.15, 0.2) is 0 Å². The zero-order valence-corrected chi connectivity index (χ0v) is 24.8. The van der Waals surface area contributed by atoms with Crippen molar-refractivity contribution in [3.8, 4) is 5.69 Å². The predicted molar refractivity (Wildman–Crippen MR) is 159 cm³/mol. The number of nitrogens with zero attached hydrogens (tertiary/aromatic N) is 3. The number of benzene rings is 3. The lowest BCUT2D eigenvalue weighted by Crippen LogP contribution is -2.38. The van der Waals surface area contributed by atoms with Crippen LogP contribution in [0.4, 0.5) is 0 Å². The molecule has 0 amide bonds. The first-order valence-corrected chi connectivity index (χ1v) is 15.3. The van der Waals surface area contributed by atoms with Crippen molar-refractivity contribution in [1.82, 2.24) is 13.9 Å². The van der Waals surface area contributed by atoms with Gasteiger partial charge in [-0.05, 0) is 81.6 Å². The van der Waals surface area contributed by atoms with Gasteiger partial charge in [-0.2, -0.15) is 4.31 Å². The number of aromatic nitrogens is 2. The minimum atomic E-state index is -3.93. The number of aryl methyl sites for hydroxylation is 3. The molecule has 0 aliphatic rings. The third-order valence-corrected chi connectivity index (χ3v) is 9.62. The third kappa shape index (κ3) is 5.96. The Kier molecular flexibility index (Phi) is 8.94. The summed E-state index contributed by atoms with van der Waals surface area (Å²) in [4.78, 5) is 19.1. The molecule has 6 nitrogen and oxygen atoms in total. The zero-order valence-electron chi connectivity index (χ0n) is 23.2. The Morgan fingerprint density at radius 3 is 2.23 bits per heavy atom. The maximum Gasteiger partial charge on any atom is 0.266 e. The van der Waals surface area contributed by atoms with Crippen LogP contribution in [0.25, 0.3) is 16.6 Å². The monoisotopic (exact) mass is 565 g/mol. The molecule has 39 heavy (non-hydrogen) atoms. The molecule has 1 atom stereocenters. The molecule has 0 aliphatic heterocycles. The summed E-state index contributed by atoms with van der Waals surface area (Å²) in [7, 11) is -3.93. The second-order valence-corrected chi connectivity index (χ2v) is 12.4. The van der Waals surface area contributed by atoms with Gasteiger partial charge in [0.2, 0.25) is 10.0 Å². The Hall–Kier alpha value is -3.00. The van der Waals surface area contributed by atoms with Gasteiger partial charge >= 0.3 is 0 Å². The van der Waals surface area contributed by atoms with Crippen LogP contribution >= 0.6 is 11.6 Å². The lowest BCUT2D eigenvalue weighted by atomic mass is 10.1. The fraction of sp³-hybridized carbons (Fsp3) is 0.355. The van der Waals surface area contributed by atoms with Gasteiger partial charge in [-0.1, -0.05) is 67.6 Å². The van der Waals surface area contributed by atoms with E-state index in [1.807, 2.05) is 45.9 Å². The van der Waals surface area contributed by atoms with Gasteiger partial charge in [-0.3, -0.25) is 9.36 Å². The van der Waals surface area contributed by atoms with Gasteiger partial charge in [0, 0.05) is 11.6 Å². The van der Waals surface area contributed by atoms with Gasteiger partial charge in [0.25, 0.3) is 5.56 Å². The second kappa shape index (κ2) is 12.0. The summed E-state index contributed by atoms with van der Waals surface area (Å²) < 4.78 is 31.8. The van der Waals surface area contributed by atoms with Crippen molar-refractivity contribution in [3.63, 3.8) is 0 Å². The van der Waals surface area contributed by atoms with Crippen molar-refractivity contribution < 1.29 is 8.42 Å². The molecular formula is C31H36ClN3O3S. The highest BCUT2D eigenvalue weighted by Crippen LogP contribution is 2.32. The van der Waals surface area contributed by atoms with E-state index in [-0.39, 0.29) is 5.56 Å². The van der Waals surface area contributed by atoms with Gasteiger partial charge in [0.1, 0.15) is 5.82 Å². The molecule has 0 saturated heterocycles. The van der Waals surface area contributed by atoms with Crippen molar-refractivity contribution in [1.29, 1.82) is 0 Å². The van der Waals surface area contributed by atoms with Crippen molar-refractivity contribution in [2.45, 2.75) is 71.2 Å². The number of hydrogen-bond acceptors (Lipinski definition) is 4. The summed E-state index contributed by atoms with van der Waals surface area (Å²) in [6.07, 6.45) is 3.69. The maximum absolute atomic E-state index is 14.4. The lowest BCUT2D eigenvalue weighted by molar-refractivity contribution is 0.319. The fourth-order valence-electron chi connectivity index (χ4n) is 5.31. The first-order valence-electron chi connectivity index (χ1n) is 13.4. The van der Waals surface area contributed by atoms with Crippen molar-refractivity contribution in [2.24, 2.45) is 0 Å². The highest BCUT2D eigenvalue weighted by molar-refractivity contribution is 7.89. The van der Waals surface area contributed by atoms with Crippen LogP contribution in [0.2, 0.25) is 5.02 Å². The van der Waals surface area contributed by atoms with Crippen LogP contribution in [0.5, 0.6) is 0 Å². The number of para-hydroxylation sites is 1. The Morgan fingerprint density at radius 1 is 0.949 bits per heavy atom. The van der Waals surface area contributed by atoms with E-state index in [0.29, 0.717) is 56.4 Å². The van der Waals surface area contributed by atoms with E-state index in [2.05, 4.69) is 6.92 Å². The average Bonchev–Trinajstić information content (AvgIpc) is 2.88. The topological polar surface area (TPSA) is 72.3 Å². The summed E-state index contributed by atoms with van der Waals surface area (Å²) in [6, 6.07) is 17.2. The van der Waals surface area contributed by atoms with E-state index in [0.717, 1.165) is 24.8 Å². The van der Waals surface area contributed by atoms with Gasteiger partial charge in [0.05, 0.1) is 27.5 Å². The fourth-order valence-corrected chi connectivity index (χ4v) is 7.48. The number of halogens is 1. The quantitative estimate of drug-likeness (QED) is 0.189. The molecule has 4 rings (SSSR count). The number of rotatable bonds is 10. The number of sulfonamides is 1. The van der Waals surface area contributed by atoms with Crippen LogP contribution in [-0.4, -0.2) is 28.8 Å². The van der Waals surface area contributed by atoms with Gasteiger partial charge in [-0.25, -0.2) is 13.4 Å². The molecule has 4 aromatic rings. The number of hydrogen-bond donors (Lipinski definition) is 0. The normalized spacial score (nSPS) is 12.8. The molecule has 0 spiro atoms. The maximum atomic E-state index is 14.4. The molecule has 1 aromatic heterocycles. The summed E-state index contributed by atoms with van der Waals surface area (Å²) in [6.45, 7) is 9.90. The smallest absolute Gasteiger partial charge is 0.266 e. The summed E-state index contributed by atoms with van der Waals surface area (Å²) >= 11 is 6.15. The molecule has 0 radical (unpaired) electrons. The molecule has 0 fully saturated rings. The molecule has 8 heteroatoms. The minimum absolute atomic E-state index is 0.254. The van der Waals surface area contributed by atoms with Crippen LogP contribution < -0.4 is 5.56 Å². The van der Waals surface area contributed by atoms with Crippen molar-refractivity contribution in [2.75, 3.05) is 6.54 Å². The molecule has 1 heterocycles.